The molecule has 4 rings (SSSR count). The Morgan fingerprint density at radius 2 is 1.25 bits per heavy atom. The van der Waals surface area contributed by atoms with Crippen LogP contribution in [-0.4, -0.2) is 11.7 Å². The quantitative estimate of drug-likeness (QED) is 0.596. The molecule has 0 radical (unpaired) electrons. The van der Waals surface area contributed by atoms with Crippen molar-refractivity contribution in [2.24, 2.45) is 0 Å². The third kappa shape index (κ3) is 4.85. The average molecular weight is 425 g/mol. The Kier molecular flexibility index (Phi) is 8.04. The largest absolute Gasteiger partial charge is 0.396 e. The highest BCUT2D eigenvalue weighted by molar-refractivity contribution is 5.78. The maximum absolute atomic E-state index is 9.11. The van der Waals surface area contributed by atoms with Crippen LogP contribution in [0.15, 0.2) is 36.4 Å². The molecule has 3 nitrogen and oxygen atoms in total. The highest BCUT2D eigenvalue weighted by Crippen LogP contribution is 2.37. The molecule has 0 bridgehead atoms. The lowest BCUT2D eigenvalue weighted by atomic mass is 9.93. The van der Waals surface area contributed by atoms with Gasteiger partial charge in [-0.2, -0.15) is 10.5 Å². The van der Waals surface area contributed by atoms with E-state index >= 15 is 0 Å². The summed E-state index contributed by atoms with van der Waals surface area (Å²) in [6.45, 7) is 6.61. The van der Waals surface area contributed by atoms with Gasteiger partial charge >= 0.3 is 0 Å². The van der Waals surface area contributed by atoms with Crippen molar-refractivity contribution in [1.29, 1.82) is 10.5 Å². The number of benzene rings is 2. The lowest BCUT2D eigenvalue weighted by Crippen LogP contribution is -2.00. The van der Waals surface area contributed by atoms with Crippen molar-refractivity contribution in [3.63, 3.8) is 0 Å². The van der Waals surface area contributed by atoms with Crippen LogP contribution in [0.4, 0.5) is 0 Å². The molecule has 32 heavy (non-hydrogen) atoms. The van der Waals surface area contributed by atoms with Crippen molar-refractivity contribution >= 4 is 11.1 Å². The number of rotatable bonds is 4. The van der Waals surface area contributed by atoms with E-state index in [1.807, 2.05) is 0 Å². The van der Waals surface area contributed by atoms with Gasteiger partial charge in [0.15, 0.2) is 0 Å². The molecule has 2 aromatic rings. The zero-order chi connectivity index (χ0) is 23.1. The molecule has 2 aromatic carbocycles. The molecular formula is C29H32N2O. The third-order valence-corrected chi connectivity index (χ3v) is 6.58. The molecule has 0 fully saturated rings. The van der Waals surface area contributed by atoms with Gasteiger partial charge in [0.2, 0.25) is 0 Å². The van der Waals surface area contributed by atoms with Crippen LogP contribution in [0.1, 0.15) is 70.7 Å². The Morgan fingerprint density at radius 1 is 0.781 bits per heavy atom. The van der Waals surface area contributed by atoms with E-state index in [1.165, 1.54) is 50.1 Å². The number of aliphatic hydroxyl groups excluding tert-OH is 1. The summed E-state index contributed by atoms with van der Waals surface area (Å²) in [4.78, 5) is 0. The first-order valence-electron chi connectivity index (χ1n) is 11.6. The zero-order valence-electron chi connectivity index (χ0n) is 19.5. The van der Waals surface area contributed by atoms with Crippen LogP contribution in [-0.2, 0) is 25.7 Å². The molecule has 0 spiro atoms. The lowest BCUT2D eigenvalue weighted by Gasteiger charge is -2.12. The predicted molar refractivity (Wildman–Crippen MR) is 131 cm³/mol. The van der Waals surface area contributed by atoms with E-state index in [0.717, 1.165) is 44.1 Å². The fraction of sp³-hybridized carbons (Fsp3) is 0.379. The molecular weight excluding hydrogens is 392 g/mol. The number of hydrogen-bond donors (Lipinski definition) is 1. The van der Waals surface area contributed by atoms with E-state index in [2.05, 4.69) is 57.2 Å². The second-order valence-corrected chi connectivity index (χ2v) is 8.61. The second-order valence-electron chi connectivity index (χ2n) is 8.61. The fourth-order valence-electron chi connectivity index (χ4n) is 5.06. The van der Waals surface area contributed by atoms with Crippen molar-refractivity contribution in [2.45, 2.75) is 65.7 Å². The molecule has 0 saturated heterocycles. The van der Waals surface area contributed by atoms with Crippen LogP contribution < -0.4 is 0 Å². The third-order valence-electron chi connectivity index (χ3n) is 6.58. The number of aryl methyl sites for hydroxylation is 4. The minimum atomic E-state index is 0.164. The average Bonchev–Trinajstić information content (AvgIpc) is 3.38. The Labute approximate surface area is 192 Å². The number of aliphatic hydroxyl groups is 1. The van der Waals surface area contributed by atoms with Crippen molar-refractivity contribution in [2.75, 3.05) is 6.61 Å². The van der Waals surface area contributed by atoms with Crippen LogP contribution in [0.2, 0.25) is 0 Å². The van der Waals surface area contributed by atoms with Gasteiger partial charge in [-0.3, -0.25) is 0 Å². The molecule has 0 atom stereocenters. The molecule has 2 aliphatic rings. The van der Waals surface area contributed by atoms with Crippen LogP contribution in [0, 0.1) is 36.5 Å². The predicted octanol–water partition coefficient (Wildman–Crippen LogP) is 6.18. The van der Waals surface area contributed by atoms with Crippen molar-refractivity contribution < 1.29 is 5.11 Å². The maximum atomic E-state index is 9.11. The number of nitrogens with zero attached hydrogens (tertiary/aromatic N) is 2. The van der Waals surface area contributed by atoms with Gasteiger partial charge in [0.05, 0.1) is 12.1 Å². The molecule has 0 aliphatic heterocycles. The van der Waals surface area contributed by atoms with Crippen LogP contribution in [0.3, 0.4) is 0 Å². The van der Waals surface area contributed by atoms with Gasteiger partial charge in [-0.25, -0.2) is 0 Å². The molecule has 0 saturated carbocycles. The minimum absolute atomic E-state index is 0.164. The summed E-state index contributed by atoms with van der Waals surface area (Å²) >= 11 is 0. The first-order valence-corrected chi connectivity index (χ1v) is 11.6. The maximum Gasteiger partial charge on any atom is 0.0915 e. The summed E-state index contributed by atoms with van der Waals surface area (Å²) in [6.07, 6.45) is 10.4. The van der Waals surface area contributed by atoms with Gasteiger partial charge in [0, 0.05) is 18.8 Å². The van der Waals surface area contributed by atoms with E-state index in [9.17, 15) is 0 Å². The highest BCUT2D eigenvalue weighted by atomic mass is 16.2. The van der Waals surface area contributed by atoms with E-state index < -0.39 is 0 Å². The Balaban J connectivity index is 0.000000181. The molecule has 0 unspecified atom stereocenters. The van der Waals surface area contributed by atoms with Gasteiger partial charge in [-0.1, -0.05) is 37.6 Å². The van der Waals surface area contributed by atoms with Crippen molar-refractivity contribution in [3.8, 4) is 12.1 Å². The number of fused-ring (bicyclic) bond motifs is 2. The molecule has 2 aliphatic carbocycles. The van der Waals surface area contributed by atoms with Gasteiger partial charge < -0.3 is 5.11 Å². The molecule has 0 aromatic heterocycles. The topological polar surface area (TPSA) is 67.8 Å². The number of nitriles is 2. The lowest BCUT2D eigenvalue weighted by molar-refractivity contribution is 0.299. The Bertz CT molecular complexity index is 1050. The zero-order valence-corrected chi connectivity index (χ0v) is 19.5. The van der Waals surface area contributed by atoms with Gasteiger partial charge in [-0.15, -0.1) is 0 Å². The molecule has 1 N–H and O–H groups in total. The van der Waals surface area contributed by atoms with E-state index in [1.54, 1.807) is 12.2 Å². The SMILES string of the molecule is CCCc1c(C)ccc2c1/C(=C/C#N)CC2.Cc1ccc2c(c1CCO)/C(=C/C#N)CC2. The summed E-state index contributed by atoms with van der Waals surface area (Å²) in [6, 6.07) is 13.0. The van der Waals surface area contributed by atoms with Crippen LogP contribution in [0.25, 0.3) is 11.1 Å². The number of allylic oxidation sites excluding steroid dienone is 4. The minimum Gasteiger partial charge on any atom is -0.396 e. The van der Waals surface area contributed by atoms with Crippen LogP contribution in [0.5, 0.6) is 0 Å². The van der Waals surface area contributed by atoms with E-state index in [4.69, 9.17) is 15.6 Å². The van der Waals surface area contributed by atoms with E-state index in [-0.39, 0.29) is 6.61 Å². The standard InChI is InChI=1S/C15H17N.C14H15NO/c1-3-4-14-11(2)5-6-12-7-8-13(9-10-16)15(12)14;1-10-2-3-11-4-5-12(6-8-15)14(11)13(10)7-9-16/h5-6,9H,3-4,7-8H2,1-2H3;2-3,6,16H,4-5,7,9H2,1H3/b13-9+;12-6+. The second kappa shape index (κ2) is 10.9. The summed E-state index contributed by atoms with van der Waals surface area (Å²) in [5.74, 6) is 0. The van der Waals surface area contributed by atoms with Gasteiger partial charge in [0.25, 0.3) is 0 Å². The molecule has 164 valence electrons. The van der Waals surface area contributed by atoms with Crippen LogP contribution >= 0.6 is 0 Å². The first-order chi connectivity index (χ1) is 15.5. The smallest absolute Gasteiger partial charge is 0.0915 e. The summed E-state index contributed by atoms with van der Waals surface area (Å²) in [5.41, 5.74) is 12.9. The first kappa shape index (κ1) is 23.5. The molecule has 0 amide bonds. The van der Waals surface area contributed by atoms with Gasteiger partial charge in [-0.05, 0) is 108 Å². The Morgan fingerprint density at radius 3 is 1.66 bits per heavy atom. The number of hydrogen-bond acceptors (Lipinski definition) is 3. The fourth-order valence-corrected chi connectivity index (χ4v) is 5.06. The molecule has 0 heterocycles. The monoisotopic (exact) mass is 424 g/mol. The normalized spacial score (nSPS) is 16.2. The highest BCUT2D eigenvalue weighted by Gasteiger charge is 2.21. The summed E-state index contributed by atoms with van der Waals surface area (Å²) in [5, 5.41) is 26.7. The van der Waals surface area contributed by atoms with Crippen molar-refractivity contribution in [3.05, 3.63) is 80.9 Å². The summed E-state index contributed by atoms with van der Waals surface area (Å²) in [7, 11) is 0. The van der Waals surface area contributed by atoms with Gasteiger partial charge in [0.1, 0.15) is 0 Å². The Hall–Kier alpha value is -3.14. The molecule has 3 heteroatoms. The van der Waals surface area contributed by atoms with E-state index in [0.29, 0.717) is 6.42 Å². The van der Waals surface area contributed by atoms with Crippen molar-refractivity contribution in [1.82, 2.24) is 0 Å². The summed E-state index contributed by atoms with van der Waals surface area (Å²) < 4.78 is 0.